The van der Waals surface area contributed by atoms with Gasteiger partial charge in [0.15, 0.2) is 6.10 Å². The number of nitrogens with zero attached hydrogens (tertiary/aromatic N) is 1. The molecule has 136 valence electrons. The van der Waals surface area contributed by atoms with Crippen molar-refractivity contribution in [3.8, 4) is 5.75 Å². The molecule has 2 aromatic carbocycles. The van der Waals surface area contributed by atoms with E-state index in [1.165, 1.54) is 16.5 Å². The van der Waals surface area contributed by atoms with Crippen LogP contribution in [-0.2, 0) is 4.79 Å². The lowest BCUT2D eigenvalue weighted by molar-refractivity contribution is -0.136. The van der Waals surface area contributed by atoms with E-state index in [2.05, 4.69) is 35.7 Å². The van der Waals surface area contributed by atoms with E-state index < -0.39 is 6.10 Å². The van der Waals surface area contributed by atoms with Crippen LogP contribution in [0, 0.1) is 0 Å². The second kappa shape index (κ2) is 7.50. The molecule has 0 spiro atoms. The highest BCUT2D eigenvalue weighted by Gasteiger charge is 2.25. The van der Waals surface area contributed by atoms with Crippen LogP contribution in [0.4, 0.5) is 0 Å². The lowest BCUT2D eigenvalue weighted by Gasteiger charge is -2.22. The third kappa shape index (κ3) is 3.47. The first-order valence-electron chi connectivity index (χ1n) is 9.61. The number of carbonyl (C=O) groups excluding carboxylic acids is 1. The zero-order valence-corrected chi connectivity index (χ0v) is 15.3. The first-order valence-corrected chi connectivity index (χ1v) is 9.61. The van der Waals surface area contributed by atoms with E-state index in [1.807, 2.05) is 24.0 Å². The Hall–Kier alpha value is -2.33. The van der Waals surface area contributed by atoms with Crippen molar-refractivity contribution in [3.63, 3.8) is 0 Å². The number of amides is 1. The molecule has 0 radical (unpaired) electrons. The molecule has 1 saturated heterocycles. The van der Waals surface area contributed by atoms with Crippen LogP contribution in [-0.4, -0.2) is 43.1 Å². The van der Waals surface area contributed by atoms with Crippen LogP contribution >= 0.6 is 0 Å². The molecule has 4 heteroatoms. The quantitative estimate of drug-likeness (QED) is 0.916. The molecular formula is C22H26N2O2. The number of likely N-dealkylation sites (tertiary alicyclic amines) is 1. The molecule has 2 aliphatic rings. The predicted octanol–water partition coefficient (Wildman–Crippen LogP) is 3.61. The topological polar surface area (TPSA) is 41.6 Å². The van der Waals surface area contributed by atoms with Gasteiger partial charge in [-0.05, 0) is 66.8 Å². The fourth-order valence-corrected chi connectivity index (χ4v) is 3.93. The van der Waals surface area contributed by atoms with Crippen molar-refractivity contribution in [1.82, 2.24) is 10.2 Å². The molecule has 0 aliphatic carbocycles. The number of ether oxygens (including phenoxy) is 1. The molecule has 1 unspecified atom stereocenters. The van der Waals surface area contributed by atoms with Gasteiger partial charge in [0.25, 0.3) is 5.91 Å². The lowest BCUT2D eigenvalue weighted by Crippen LogP contribution is -2.38. The van der Waals surface area contributed by atoms with Gasteiger partial charge in [-0.25, -0.2) is 0 Å². The van der Waals surface area contributed by atoms with E-state index >= 15 is 0 Å². The summed E-state index contributed by atoms with van der Waals surface area (Å²) >= 11 is 0. The molecule has 0 bridgehead atoms. The van der Waals surface area contributed by atoms with E-state index in [0.717, 1.165) is 56.6 Å². The van der Waals surface area contributed by atoms with Crippen molar-refractivity contribution in [3.05, 3.63) is 48.0 Å². The zero-order chi connectivity index (χ0) is 17.9. The lowest BCUT2D eigenvalue weighted by atomic mass is 9.94. The largest absolute Gasteiger partial charge is 0.481 e. The molecule has 2 aromatic rings. The highest BCUT2D eigenvalue weighted by atomic mass is 16.5. The van der Waals surface area contributed by atoms with Gasteiger partial charge < -0.3 is 15.0 Å². The monoisotopic (exact) mass is 350 g/mol. The average Bonchev–Trinajstić information content (AvgIpc) is 3.22. The van der Waals surface area contributed by atoms with Crippen LogP contribution in [0.3, 0.4) is 0 Å². The Labute approximate surface area is 154 Å². The summed E-state index contributed by atoms with van der Waals surface area (Å²) in [5.41, 5.74) is 2.57. The van der Waals surface area contributed by atoms with Gasteiger partial charge in [-0.15, -0.1) is 0 Å². The maximum absolute atomic E-state index is 12.6. The molecule has 2 heterocycles. The third-order valence-electron chi connectivity index (χ3n) is 5.32. The molecule has 0 saturated carbocycles. The van der Waals surface area contributed by atoms with Crippen molar-refractivity contribution in [2.24, 2.45) is 0 Å². The van der Waals surface area contributed by atoms with Crippen LogP contribution in [0.2, 0.25) is 0 Å². The number of hydrogen-bond acceptors (Lipinski definition) is 3. The molecule has 1 amide bonds. The summed E-state index contributed by atoms with van der Waals surface area (Å²) in [5.74, 6) is 0.872. The van der Waals surface area contributed by atoms with Crippen molar-refractivity contribution in [2.45, 2.75) is 32.3 Å². The molecule has 0 aromatic heterocycles. The van der Waals surface area contributed by atoms with Gasteiger partial charge in [0.1, 0.15) is 5.75 Å². The third-order valence-corrected chi connectivity index (χ3v) is 5.32. The summed E-state index contributed by atoms with van der Waals surface area (Å²) in [6.45, 7) is 5.47. The van der Waals surface area contributed by atoms with E-state index in [4.69, 9.17) is 4.74 Å². The normalized spacial score (nSPS) is 18.7. The Morgan fingerprint density at radius 1 is 1.19 bits per heavy atom. The summed E-state index contributed by atoms with van der Waals surface area (Å²) in [7, 11) is 0. The van der Waals surface area contributed by atoms with Gasteiger partial charge in [0.05, 0.1) is 0 Å². The summed E-state index contributed by atoms with van der Waals surface area (Å²) in [6, 6.07) is 12.6. The Bertz CT molecular complexity index is 837. The van der Waals surface area contributed by atoms with Crippen LogP contribution in [0.1, 0.15) is 31.7 Å². The average molecular weight is 350 g/mol. The number of rotatable bonds is 4. The van der Waals surface area contributed by atoms with Gasteiger partial charge in [-0.3, -0.25) is 4.79 Å². The second-order valence-corrected chi connectivity index (χ2v) is 7.17. The molecule has 1 atom stereocenters. The summed E-state index contributed by atoms with van der Waals surface area (Å²) < 4.78 is 6.09. The van der Waals surface area contributed by atoms with E-state index in [1.54, 1.807) is 0 Å². The first kappa shape index (κ1) is 17.1. The SMILES string of the molecule is CC(Oc1cc(C2=CCNCC2)c2ccccc2c1)C(=O)N1CCCC1. The summed E-state index contributed by atoms with van der Waals surface area (Å²) in [5, 5.41) is 5.76. The van der Waals surface area contributed by atoms with Crippen molar-refractivity contribution >= 4 is 22.3 Å². The van der Waals surface area contributed by atoms with Crippen molar-refractivity contribution < 1.29 is 9.53 Å². The highest BCUT2D eigenvalue weighted by molar-refractivity contribution is 5.95. The summed E-state index contributed by atoms with van der Waals surface area (Å²) in [6.07, 6.45) is 5.01. The molecule has 26 heavy (non-hydrogen) atoms. The highest BCUT2D eigenvalue weighted by Crippen LogP contribution is 2.32. The minimum atomic E-state index is -0.455. The van der Waals surface area contributed by atoms with Gasteiger partial charge in [0, 0.05) is 19.6 Å². The number of fused-ring (bicyclic) bond motifs is 1. The van der Waals surface area contributed by atoms with Crippen LogP contribution in [0.25, 0.3) is 16.3 Å². The fourth-order valence-electron chi connectivity index (χ4n) is 3.93. The zero-order valence-electron chi connectivity index (χ0n) is 15.3. The minimum absolute atomic E-state index is 0.0956. The van der Waals surface area contributed by atoms with Crippen molar-refractivity contribution in [2.75, 3.05) is 26.2 Å². The van der Waals surface area contributed by atoms with E-state index in [0.29, 0.717) is 0 Å². The smallest absolute Gasteiger partial charge is 0.263 e. The number of hydrogen-bond donors (Lipinski definition) is 1. The van der Waals surface area contributed by atoms with Crippen LogP contribution < -0.4 is 10.1 Å². The molecule has 2 aliphatic heterocycles. The van der Waals surface area contributed by atoms with Gasteiger partial charge in [-0.1, -0.05) is 30.3 Å². The van der Waals surface area contributed by atoms with Gasteiger partial charge >= 0.3 is 0 Å². The Kier molecular flexibility index (Phi) is 4.93. The Morgan fingerprint density at radius 2 is 2.00 bits per heavy atom. The maximum atomic E-state index is 12.6. The number of carbonyl (C=O) groups is 1. The maximum Gasteiger partial charge on any atom is 0.263 e. The molecule has 4 nitrogen and oxygen atoms in total. The van der Waals surface area contributed by atoms with E-state index in [9.17, 15) is 4.79 Å². The van der Waals surface area contributed by atoms with Crippen LogP contribution in [0.15, 0.2) is 42.5 Å². The van der Waals surface area contributed by atoms with Gasteiger partial charge in [0.2, 0.25) is 0 Å². The predicted molar refractivity (Wildman–Crippen MR) is 105 cm³/mol. The Balaban J connectivity index is 1.64. The molecule has 1 fully saturated rings. The summed E-state index contributed by atoms with van der Waals surface area (Å²) in [4.78, 5) is 14.5. The first-order chi connectivity index (χ1) is 12.7. The Morgan fingerprint density at radius 3 is 2.77 bits per heavy atom. The van der Waals surface area contributed by atoms with Gasteiger partial charge in [-0.2, -0.15) is 0 Å². The van der Waals surface area contributed by atoms with Crippen molar-refractivity contribution in [1.29, 1.82) is 0 Å². The second-order valence-electron chi connectivity index (χ2n) is 7.17. The molecule has 4 rings (SSSR count). The minimum Gasteiger partial charge on any atom is -0.481 e. The molecule has 1 N–H and O–H groups in total. The number of nitrogens with one attached hydrogen (secondary N) is 1. The fraction of sp³-hybridized carbons (Fsp3) is 0.409. The standard InChI is InChI=1S/C22H26N2O2/c1-16(22(25)24-12-4-5-13-24)26-19-14-18-6-2-3-7-20(18)21(15-19)17-8-10-23-11-9-17/h2-3,6-8,14-16,23H,4-5,9-13H2,1H3. The number of benzene rings is 2. The van der Waals surface area contributed by atoms with Crippen LogP contribution in [0.5, 0.6) is 5.75 Å². The molecular weight excluding hydrogens is 324 g/mol. The van der Waals surface area contributed by atoms with E-state index in [-0.39, 0.29) is 5.91 Å².